The third-order valence-electron chi connectivity index (χ3n) is 5.74. The highest BCUT2D eigenvalue weighted by molar-refractivity contribution is 6.33. The van der Waals surface area contributed by atoms with Gasteiger partial charge in [0, 0.05) is 59.5 Å². The van der Waals surface area contributed by atoms with Crippen LogP contribution in [0.25, 0.3) is 15.7 Å². The minimum atomic E-state index is -0.0549. The van der Waals surface area contributed by atoms with Crippen molar-refractivity contribution in [2.45, 2.75) is 32.5 Å². The van der Waals surface area contributed by atoms with Crippen molar-refractivity contribution in [1.82, 2.24) is 15.2 Å². The molecule has 30 heavy (non-hydrogen) atoms. The number of fused-ring (bicyclic) bond motifs is 1. The lowest BCUT2D eigenvalue weighted by molar-refractivity contribution is 0.160. The maximum atomic E-state index is 12.9. The van der Waals surface area contributed by atoms with E-state index in [1.165, 1.54) is 0 Å². The minimum absolute atomic E-state index is 0.0449. The second-order valence-electron chi connectivity index (χ2n) is 7.77. The molecule has 2 amide bonds. The van der Waals surface area contributed by atoms with E-state index in [1.807, 2.05) is 41.4 Å². The number of anilines is 1. The fraction of sp³-hybridized carbons (Fsp3) is 0.304. The number of piperazine rings is 1. The van der Waals surface area contributed by atoms with Crippen molar-refractivity contribution >= 4 is 39.9 Å². The number of hydrogen-bond donors (Lipinski definition) is 2. The van der Waals surface area contributed by atoms with Crippen LogP contribution < -0.4 is 10.2 Å². The van der Waals surface area contributed by atoms with E-state index >= 15 is 0 Å². The topological polar surface area (TPSA) is 55.7 Å². The van der Waals surface area contributed by atoms with Crippen LogP contribution in [0.15, 0.2) is 48.7 Å². The lowest BCUT2D eigenvalue weighted by Crippen LogP contribution is -2.60. The van der Waals surface area contributed by atoms with Gasteiger partial charge in [0.15, 0.2) is 0 Å². The molecular weight excluding hydrogens is 398 g/mol. The van der Waals surface area contributed by atoms with Gasteiger partial charge in [-0.15, -0.1) is 0 Å². The van der Waals surface area contributed by atoms with E-state index in [0.29, 0.717) is 30.3 Å². The van der Waals surface area contributed by atoms with E-state index in [4.69, 9.17) is 18.2 Å². The Hall–Kier alpha value is -3.17. The first-order chi connectivity index (χ1) is 14.5. The highest BCUT2D eigenvalue weighted by Gasteiger charge is 2.32. The van der Waals surface area contributed by atoms with Crippen molar-refractivity contribution in [3.8, 4) is 0 Å². The Morgan fingerprint density at radius 3 is 2.80 bits per heavy atom. The van der Waals surface area contributed by atoms with Crippen LogP contribution in [0.2, 0.25) is 5.02 Å². The Balaban J connectivity index is 1.42. The molecular formula is C23H24ClN5O. The van der Waals surface area contributed by atoms with E-state index in [0.717, 1.165) is 22.2 Å². The molecule has 2 heterocycles. The molecule has 4 rings (SSSR count). The SMILES string of the molecule is [C-]#[N+]c1ccc(N2C[C@@H](C)N(C(=O)NCc3c[nH]c4ccccc34)C[C@@H]2C)cc1Cl. The number of hydrogen-bond acceptors (Lipinski definition) is 2. The predicted molar refractivity (Wildman–Crippen MR) is 121 cm³/mol. The summed E-state index contributed by atoms with van der Waals surface area (Å²) >= 11 is 6.23. The van der Waals surface area contributed by atoms with Gasteiger partial charge in [0.1, 0.15) is 0 Å². The highest BCUT2D eigenvalue weighted by atomic mass is 35.5. The van der Waals surface area contributed by atoms with E-state index < -0.39 is 0 Å². The second-order valence-corrected chi connectivity index (χ2v) is 8.18. The monoisotopic (exact) mass is 421 g/mol. The second kappa shape index (κ2) is 8.29. The van der Waals surface area contributed by atoms with Crippen molar-refractivity contribution in [1.29, 1.82) is 0 Å². The maximum Gasteiger partial charge on any atom is 0.318 e. The summed E-state index contributed by atoms with van der Waals surface area (Å²) in [6.07, 6.45) is 1.95. The summed E-state index contributed by atoms with van der Waals surface area (Å²) in [5.74, 6) is 0. The maximum absolute atomic E-state index is 12.9. The summed E-state index contributed by atoms with van der Waals surface area (Å²) in [7, 11) is 0. The number of para-hydroxylation sites is 1. The van der Waals surface area contributed by atoms with Crippen LogP contribution in [0.3, 0.4) is 0 Å². The van der Waals surface area contributed by atoms with Crippen LogP contribution in [0.4, 0.5) is 16.2 Å². The number of halogens is 1. The van der Waals surface area contributed by atoms with Gasteiger partial charge in [0.2, 0.25) is 5.69 Å². The quantitative estimate of drug-likeness (QED) is 0.572. The van der Waals surface area contributed by atoms with Crippen LogP contribution in [-0.2, 0) is 6.54 Å². The van der Waals surface area contributed by atoms with Crippen LogP contribution in [0.1, 0.15) is 19.4 Å². The molecule has 0 aliphatic carbocycles. The normalized spacial score (nSPS) is 19.0. The van der Waals surface area contributed by atoms with E-state index in [-0.39, 0.29) is 18.1 Å². The Labute approximate surface area is 181 Å². The molecule has 0 spiro atoms. The van der Waals surface area contributed by atoms with Gasteiger partial charge in [-0.1, -0.05) is 35.9 Å². The smallest absolute Gasteiger partial charge is 0.318 e. The van der Waals surface area contributed by atoms with Crippen molar-refractivity contribution in [2.24, 2.45) is 0 Å². The molecule has 0 bridgehead atoms. The number of amides is 2. The van der Waals surface area contributed by atoms with Gasteiger partial charge in [0.05, 0.1) is 6.57 Å². The first-order valence-corrected chi connectivity index (χ1v) is 10.4. The Kier molecular flexibility index (Phi) is 5.56. The molecule has 2 aromatic carbocycles. The largest absolute Gasteiger partial charge is 0.365 e. The fourth-order valence-electron chi connectivity index (χ4n) is 4.08. The van der Waals surface area contributed by atoms with E-state index in [9.17, 15) is 4.79 Å². The number of aromatic nitrogens is 1. The van der Waals surface area contributed by atoms with Crippen molar-refractivity contribution in [2.75, 3.05) is 18.0 Å². The van der Waals surface area contributed by atoms with E-state index in [2.05, 4.69) is 40.0 Å². The molecule has 1 saturated heterocycles. The molecule has 0 saturated carbocycles. The summed E-state index contributed by atoms with van der Waals surface area (Å²) in [4.78, 5) is 23.7. The zero-order valence-electron chi connectivity index (χ0n) is 17.0. The van der Waals surface area contributed by atoms with Gasteiger partial charge in [-0.3, -0.25) is 0 Å². The first-order valence-electron chi connectivity index (χ1n) is 10.0. The number of aromatic amines is 1. The number of urea groups is 1. The Morgan fingerprint density at radius 1 is 1.23 bits per heavy atom. The molecule has 1 fully saturated rings. The molecule has 7 heteroatoms. The molecule has 2 N–H and O–H groups in total. The fourth-order valence-corrected chi connectivity index (χ4v) is 4.30. The minimum Gasteiger partial charge on any atom is -0.365 e. The number of rotatable bonds is 3. The van der Waals surface area contributed by atoms with Crippen molar-refractivity contribution < 1.29 is 4.79 Å². The predicted octanol–water partition coefficient (Wildman–Crippen LogP) is 5.18. The molecule has 154 valence electrons. The number of benzene rings is 2. The molecule has 0 unspecified atom stereocenters. The molecule has 0 radical (unpaired) electrons. The van der Waals surface area contributed by atoms with Crippen LogP contribution >= 0.6 is 11.6 Å². The van der Waals surface area contributed by atoms with Gasteiger partial charge in [-0.25, -0.2) is 9.64 Å². The van der Waals surface area contributed by atoms with Crippen molar-refractivity contribution in [3.05, 3.63) is 70.7 Å². The summed E-state index contributed by atoms with van der Waals surface area (Å²) in [5.41, 5.74) is 3.58. The molecule has 1 aliphatic heterocycles. The summed E-state index contributed by atoms with van der Waals surface area (Å²) in [5, 5.41) is 4.66. The Morgan fingerprint density at radius 2 is 2.03 bits per heavy atom. The third-order valence-corrected chi connectivity index (χ3v) is 6.04. The number of carbonyl (C=O) groups excluding carboxylic acids is 1. The third kappa shape index (κ3) is 3.81. The molecule has 1 aliphatic rings. The van der Waals surface area contributed by atoms with Gasteiger partial charge in [-0.05, 0) is 37.6 Å². The number of carbonyl (C=O) groups is 1. The summed E-state index contributed by atoms with van der Waals surface area (Å²) in [6, 6.07) is 13.7. The standard InChI is InChI=1S/C23H24ClN5O/c1-15-14-29(16(2)13-28(15)18-8-9-22(25-3)20(24)10-18)23(30)27-12-17-11-26-21-7-5-4-6-19(17)21/h4-11,15-16,26H,12-14H2,1-2H3,(H,27,30)/t15-,16+/m0/s1. The summed E-state index contributed by atoms with van der Waals surface area (Å²) < 4.78 is 0. The van der Waals surface area contributed by atoms with Gasteiger partial charge in [0.25, 0.3) is 0 Å². The lowest BCUT2D eigenvalue weighted by atomic mass is 10.1. The average molecular weight is 422 g/mol. The molecule has 3 aromatic rings. The van der Waals surface area contributed by atoms with Gasteiger partial charge >= 0.3 is 6.03 Å². The van der Waals surface area contributed by atoms with Gasteiger partial charge in [-0.2, -0.15) is 0 Å². The van der Waals surface area contributed by atoms with Gasteiger partial charge < -0.3 is 20.1 Å². The van der Waals surface area contributed by atoms with Crippen LogP contribution in [0, 0.1) is 6.57 Å². The highest BCUT2D eigenvalue weighted by Crippen LogP contribution is 2.32. The zero-order chi connectivity index (χ0) is 21.3. The molecule has 6 nitrogen and oxygen atoms in total. The number of nitrogens with zero attached hydrogens (tertiary/aromatic N) is 3. The zero-order valence-corrected chi connectivity index (χ0v) is 17.8. The van der Waals surface area contributed by atoms with E-state index in [1.54, 1.807) is 6.07 Å². The molecule has 2 atom stereocenters. The lowest BCUT2D eigenvalue weighted by Gasteiger charge is -2.45. The summed E-state index contributed by atoms with van der Waals surface area (Å²) in [6.45, 7) is 13.1. The first kappa shape index (κ1) is 20.1. The molecule has 1 aromatic heterocycles. The van der Waals surface area contributed by atoms with Crippen LogP contribution in [-0.4, -0.2) is 41.1 Å². The Bertz CT molecular complexity index is 1120. The number of H-pyrrole nitrogens is 1. The average Bonchev–Trinajstić information content (AvgIpc) is 3.16. The van der Waals surface area contributed by atoms with Crippen molar-refractivity contribution in [3.63, 3.8) is 0 Å². The van der Waals surface area contributed by atoms with Crippen LogP contribution in [0.5, 0.6) is 0 Å². The number of nitrogens with one attached hydrogen (secondary N) is 2.